The minimum atomic E-state index is 0.370. The molecule has 0 bridgehead atoms. The molecule has 2 heterocycles. The quantitative estimate of drug-likeness (QED) is 0.719. The summed E-state index contributed by atoms with van der Waals surface area (Å²) in [5.41, 5.74) is 0. The summed E-state index contributed by atoms with van der Waals surface area (Å²) in [7, 11) is 0. The van der Waals surface area contributed by atoms with Crippen LogP contribution in [0.3, 0.4) is 0 Å². The first-order valence-corrected chi connectivity index (χ1v) is 7.75. The van der Waals surface area contributed by atoms with Crippen molar-refractivity contribution in [3.63, 3.8) is 0 Å². The summed E-state index contributed by atoms with van der Waals surface area (Å²) in [6, 6.07) is 2.61. The van der Waals surface area contributed by atoms with Gasteiger partial charge in [-0.1, -0.05) is 19.8 Å². The molecule has 0 unspecified atom stereocenters. The van der Waals surface area contributed by atoms with Crippen molar-refractivity contribution in [3.8, 4) is 0 Å². The van der Waals surface area contributed by atoms with E-state index < -0.39 is 0 Å². The largest absolute Gasteiger partial charge is 0.396 e. The van der Waals surface area contributed by atoms with Crippen molar-refractivity contribution in [2.75, 3.05) is 6.61 Å². The molecule has 1 N–H and O–H groups in total. The Hall–Kier alpha value is -0.0800. The Morgan fingerprint density at radius 3 is 2.59 bits per heavy atom. The topological polar surface area (TPSA) is 23.5 Å². The first-order chi connectivity index (χ1) is 8.36. The predicted molar refractivity (Wildman–Crippen MR) is 72.1 cm³/mol. The average molecular weight is 239 g/mol. The fraction of sp³-hybridized carbons (Fsp3) is 1.00. The molecule has 0 spiro atoms. The van der Waals surface area contributed by atoms with E-state index in [2.05, 4.69) is 11.8 Å². The number of unbranched alkanes of at least 4 members (excludes halogenated alkanes) is 1. The van der Waals surface area contributed by atoms with E-state index in [0.29, 0.717) is 6.61 Å². The van der Waals surface area contributed by atoms with E-state index >= 15 is 0 Å². The van der Waals surface area contributed by atoms with Gasteiger partial charge >= 0.3 is 0 Å². The number of rotatable bonds is 6. The summed E-state index contributed by atoms with van der Waals surface area (Å²) in [6.07, 6.45) is 13.4. The van der Waals surface area contributed by atoms with E-state index in [9.17, 15) is 0 Å². The molecule has 2 fully saturated rings. The molecule has 2 aliphatic heterocycles. The van der Waals surface area contributed by atoms with Crippen LogP contribution in [0.25, 0.3) is 0 Å². The van der Waals surface area contributed by atoms with Crippen LogP contribution in [-0.2, 0) is 0 Å². The third kappa shape index (κ3) is 3.23. The second-order valence-corrected chi connectivity index (χ2v) is 5.93. The molecule has 2 heteroatoms. The van der Waals surface area contributed by atoms with Crippen molar-refractivity contribution in [3.05, 3.63) is 0 Å². The molecular weight excluding hydrogens is 210 g/mol. The number of aliphatic hydroxyl groups excluding tert-OH is 1. The lowest BCUT2D eigenvalue weighted by Gasteiger charge is -2.41. The highest BCUT2D eigenvalue weighted by molar-refractivity contribution is 4.94. The van der Waals surface area contributed by atoms with E-state index in [1.165, 1.54) is 57.8 Å². The Labute approximate surface area is 106 Å². The second kappa shape index (κ2) is 6.75. The van der Waals surface area contributed by atoms with Crippen LogP contribution in [0.4, 0.5) is 0 Å². The van der Waals surface area contributed by atoms with Crippen LogP contribution in [0, 0.1) is 0 Å². The van der Waals surface area contributed by atoms with Crippen LogP contribution in [0.2, 0.25) is 0 Å². The molecule has 0 aromatic heterocycles. The van der Waals surface area contributed by atoms with Crippen LogP contribution < -0.4 is 0 Å². The van der Waals surface area contributed by atoms with Crippen molar-refractivity contribution < 1.29 is 5.11 Å². The zero-order valence-electron chi connectivity index (χ0n) is 11.4. The monoisotopic (exact) mass is 239 g/mol. The minimum Gasteiger partial charge on any atom is -0.396 e. The molecule has 2 saturated heterocycles. The van der Waals surface area contributed by atoms with Gasteiger partial charge in [-0.25, -0.2) is 0 Å². The van der Waals surface area contributed by atoms with Gasteiger partial charge in [0.15, 0.2) is 0 Å². The van der Waals surface area contributed by atoms with Gasteiger partial charge in [-0.15, -0.1) is 0 Å². The Morgan fingerprint density at radius 2 is 1.82 bits per heavy atom. The molecular formula is C15H29NO. The number of nitrogens with zero attached hydrogens (tertiary/aromatic N) is 1. The SMILES string of the molecule is CCC[C@H]1CCC[C@H]2CC[C@H](CCCCO)N12. The van der Waals surface area contributed by atoms with Gasteiger partial charge in [0, 0.05) is 24.7 Å². The first-order valence-electron chi connectivity index (χ1n) is 7.75. The number of hydrogen-bond donors (Lipinski definition) is 1. The smallest absolute Gasteiger partial charge is 0.0431 e. The normalized spacial score (nSPS) is 33.9. The third-order valence-electron chi connectivity index (χ3n) is 4.74. The van der Waals surface area contributed by atoms with Gasteiger partial charge < -0.3 is 5.11 Å². The summed E-state index contributed by atoms with van der Waals surface area (Å²) >= 11 is 0. The van der Waals surface area contributed by atoms with E-state index in [1.54, 1.807) is 0 Å². The third-order valence-corrected chi connectivity index (χ3v) is 4.74. The zero-order chi connectivity index (χ0) is 12.1. The number of fused-ring (bicyclic) bond motifs is 1. The van der Waals surface area contributed by atoms with Crippen LogP contribution in [0.5, 0.6) is 0 Å². The molecule has 3 atom stereocenters. The summed E-state index contributed by atoms with van der Waals surface area (Å²) < 4.78 is 0. The Morgan fingerprint density at radius 1 is 1.00 bits per heavy atom. The molecule has 100 valence electrons. The van der Waals surface area contributed by atoms with Crippen molar-refractivity contribution in [1.29, 1.82) is 0 Å². The highest BCUT2D eigenvalue weighted by Gasteiger charge is 2.39. The standard InChI is InChI=1S/C15H29NO/c1-2-6-13-8-5-9-15-11-10-14(16(13)15)7-3-4-12-17/h13-15,17H,2-12H2,1H3/t13-,14-,15-/m0/s1. The fourth-order valence-electron chi connectivity index (χ4n) is 4.02. The molecule has 0 saturated carbocycles. The van der Waals surface area contributed by atoms with Gasteiger partial charge in [0.2, 0.25) is 0 Å². The Bertz CT molecular complexity index is 217. The molecule has 2 aliphatic rings. The van der Waals surface area contributed by atoms with Gasteiger partial charge in [-0.2, -0.15) is 0 Å². The Kier molecular flexibility index (Phi) is 5.30. The lowest BCUT2D eigenvalue weighted by molar-refractivity contribution is 0.0708. The van der Waals surface area contributed by atoms with Gasteiger partial charge in [0.05, 0.1) is 0 Å². The highest BCUT2D eigenvalue weighted by atomic mass is 16.2. The molecule has 0 aliphatic carbocycles. The maximum atomic E-state index is 8.90. The second-order valence-electron chi connectivity index (χ2n) is 5.93. The summed E-state index contributed by atoms with van der Waals surface area (Å²) in [5.74, 6) is 0. The molecule has 0 aromatic carbocycles. The lowest BCUT2D eigenvalue weighted by Crippen LogP contribution is -2.47. The van der Waals surface area contributed by atoms with Gasteiger partial charge in [-0.05, 0) is 51.4 Å². The van der Waals surface area contributed by atoms with Crippen LogP contribution >= 0.6 is 0 Å². The molecule has 17 heavy (non-hydrogen) atoms. The summed E-state index contributed by atoms with van der Waals surface area (Å²) in [4.78, 5) is 2.88. The van der Waals surface area contributed by atoms with E-state index in [1.807, 2.05) is 0 Å². The lowest BCUT2D eigenvalue weighted by atomic mass is 9.93. The van der Waals surface area contributed by atoms with Crippen LogP contribution in [0.15, 0.2) is 0 Å². The van der Waals surface area contributed by atoms with Crippen molar-refractivity contribution in [1.82, 2.24) is 4.90 Å². The van der Waals surface area contributed by atoms with Crippen molar-refractivity contribution in [2.45, 2.75) is 89.3 Å². The van der Waals surface area contributed by atoms with Crippen molar-refractivity contribution in [2.24, 2.45) is 0 Å². The van der Waals surface area contributed by atoms with Gasteiger partial charge in [-0.3, -0.25) is 4.90 Å². The first kappa shape index (κ1) is 13.4. The fourth-order valence-corrected chi connectivity index (χ4v) is 4.02. The molecule has 2 rings (SSSR count). The maximum Gasteiger partial charge on any atom is 0.0431 e. The average Bonchev–Trinajstić information content (AvgIpc) is 2.75. The number of piperidine rings is 1. The Balaban J connectivity index is 1.89. The van der Waals surface area contributed by atoms with E-state index in [4.69, 9.17) is 5.11 Å². The highest BCUT2D eigenvalue weighted by Crippen LogP contribution is 2.38. The molecule has 0 aromatic rings. The predicted octanol–water partition coefficient (Wildman–Crippen LogP) is 3.33. The molecule has 0 radical (unpaired) electrons. The van der Waals surface area contributed by atoms with E-state index in [0.717, 1.165) is 24.5 Å². The van der Waals surface area contributed by atoms with Gasteiger partial charge in [0.1, 0.15) is 0 Å². The van der Waals surface area contributed by atoms with Crippen molar-refractivity contribution >= 4 is 0 Å². The van der Waals surface area contributed by atoms with Gasteiger partial charge in [0.25, 0.3) is 0 Å². The molecule has 2 nitrogen and oxygen atoms in total. The number of aliphatic hydroxyl groups is 1. The number of hydrogen-bond acceptors (Lipinski definition) is 2. The zero-order valence-corrected chi connectivity index (χ0v) is 11.4. The minimum absolute atomic E-state index is 0.370. The maximum absolute atomic E-state index is 8.90. The van der Waals surface area contributed by atoms with Crippen LogP contribution in [0.1, 0.15) is 71.1 Å². The molecule has 0 amide bonds. The summed E-state index contributed by atoms with van der Waals surface area (Å²) in [5, 5.41) is 8.90. The van der Waals surface area contributed by atoms with E-state index in [-0.39, 0.29) is 0 Å². The van der Waals surface area contributed by atoms with Crippen LogP contribution in [-0.4, -0.2) is 34.7 Å². The summed E-state index contributed by atoms with van der Waals surface area (Å²) in [6.45, 7) is 2.69.